The topological polar surface area (TPSA) is 95.9 Å². The molecule has 0 fully saturated rings. The molecule has 0 aromatic heterocycles. The zero-order valence-electron chi connectivity index (χ0n) is 45.7. The summed E-state index contributed by atoms with van der Waals surface area (Å²) < 4.78 is 5.49. The van der Waals surface area contributed by atoms with Gasteiger partial charge in [0.25, 0.3) is 0 Å². The largest absolute Gasteiger partial charge is 0.466 e. The number of aliphatic hydroxyl groups excluding tert-OH is 2. The zero-order valence-corrected chi connectivity index (χ0v) is 45.7. The van der Waals surface area contributed by atoms with Gasteiger partial charge in [-0.05, 0) is 25.7 Å². The van der Waals surface area contributed by atoms with Crippen LogP contribution in [0.15, 0.2) is 0 Å². The smallest absolute Gasteiger partial charge is 0.305 e. The Morgan fingerprint density at radius 2 is 0.612 bits per heavy atom. The molecule has 6 nitrogen and oxygen atoms in total. The summed E-state index contributed by atoms with van der Waals surface area (Å²) in [7, 11) is 0. The van der Waals surface area contributed by atoms with E-state index in [1.54, 1.807) is 0 Å². The highest BCUT2D eigenvalue weighted by molar-refractivity contribution is 5.76. The summed E-state index contributed by atoms with van der Waals surface area (Å²) >= 11 is 0. The Kier molecular flexibility index (Phi) is 56.5. The minimum atomic E-state index is -0.663. The quantitative estimate of drug-likeness (QED) is 0.0417. The lowest BCUT2D eigenvalue weighted by molar-refractivity contribution is -0.143. The summed E-state index contributed by atoms with van der Waals surface area (Å²) in [5.74, 6) is -0.0176. The fourth-order valence-corrected chi connectivity index (χ4v) is 9.94. The molecule has 0 saturated carbocycles. The molecule has 6 heteroatoms. The second-order valence-corrected chi connectivity index (χ2v) is 21.4. The molecule has 0 saturated heterocycles. The Balaban J connectivity index is 3.36. The molecule has 1 amide bonds. The van der Waals surface area contributed by atoms with Gasteiger partial charge in [-0.15, -0.1) is 0 Å². The molecule has 0 radical (unpaired) electrons. The molecule has 0 bridgehead atoms. The van der Waals surface area contributed by atoms with Crippen molar-refractivity contribution in [3.8, 4) is 0 Å². The van der Waals surface area contributed by atoms with Gasteiger partial charge in [0.2, 0.25) is 5.91 Å². The van der Waals surface area contributed by atoms with Gasteiger partial charge in [-0.3, -0.25) is 9.59 Å². The highest BCUT2D eigenvalue weighted by Crippen LogP contribution is 2.18. The Morgan fingerprint density at radius 3 is 0.910 bits per heavy atom. The van der Waals surface area contributed by atoms with Gasteiger partial charge in [0, 0.05) is 12.8 Å². The summed E-state index contributed by atoms with van der Waals surface area (Å²) in [5, 5.41) is 23.3. The van der Waals surface area contributed by atoms with Crippen LogP contribution in [0.4, 0.5) is 0 Å². The highest BCUT2D eigenvalue weighted by Gasteiger charge is 2.20. The number of rotatable bonds is 58. The van der Waals surface area contributed by atoms with E-state index in [1.165, 1.54) is 283 Å². The van der Waals surface area contributed by atoms with Crippen LogP contribution in [0.25, 0.3) is 0 Å². The van der Waals surface area contributed by atoms with E-state index in [9.17, 15) is 19.8 Å². The molecular formula is C61H121NO5. The third-order valence-electron chi connectivity index (χ3n) is 14.7. The van der Waals surface area contributed by atoms with Gasteiger partial charge in [-0.1, -0.05) is 316 Å². The fourth-order valence-electron chi connectivity index (χ4n) is 9.94. The summed E-state index contributed by atoms with van der Waals surface area (Å²) in [6, 6.07) is -0.540. The van der Waals surface area contributed by atoms with Gasteiger partial charge < -0.3 is 20.3 Å². The van der Waals surface area contributed by atoms with Gasteiger partial charge in [-0.25, -0.2) is 0 Å². The number of unbranched alkanes of at least 4 members (excludes halogenated alkanes) is 47. The van der Waals surface area contributed by atoms with Gasteiger partial charge in [-0.2, -0.15) is 0 Å². The second kappa shape index (κ2) is 57.4. The number of hydrogen-bond donors (Lipinski definition) is 3. The average molecular weight is 949 g/mol. The first-order valence-corrected chi connectivity index (χ1v) is 30.8. The lowest BCUT2D eigenvalue weighted by atomic mass is 10.0. The maximum absolute atomic E-state index is 12.5. The van der Waals surface area contributed by atoms with Crippen LogP contribution in [-0.2, 0) is 14.3 Å². The monoisotopic (exact) mass is 948 g/mol. The summed E-state index contributed by atoms with van der Waals surface area (Å²) in [6.45, 7) is 4.98. The maximum atomic E-state index is 12.5. The number of carbonyl (C=O) groups is 2. The molecular weight excluding hydrogens is 827 g/mol. The van der Waals surface area contributed by atoms with Crippen molar-refractivity contribution in [1.82, 2.24) is 5.32 Å². The van der Waals surface area contributed by atoms with E-state index in [1.807, 2.05) is 0 Å². The van der Waals surface area contributed by atoms with E-state index < -0.39 is 12.1 Å². The lowest BCUT2D eigenvalue weighted by Gasteiger charge is -2.22. The maximum Gasteiger partial charge on any atom is 0.305 e. The third-order valence-corrected chi connectivity index (χ3v) is 14.7. The minimum absolute atomic E-state index is 0.0153. The highest BCUT2D eigenvalue weighted by atomic mass is 16.5. The van der Waals surface area contributed by atoms with Crippen molar-refractivity contribution < 1.29 is 24.5 Å². The van der Waals surface area contributed by atoms with E-state index in [-0.39, 0.29) is 18.5 Å². The molecule has 3 N–H and O–H groups in total. The SMILES string of the molecule is CCCCCCCCCCCCCCCCCC(O)C(CO)NC(=O)CCCCCCCCCCCCCCCCCCCCCCCOC(=O)CCCCCCCCCCCCCCCC. The van der Waals surface area contributed by atoms with Crippen LogP contribution in [0.1, 0.15) is 354 Å². The standard InChI is InChI=1S/C61H121NO5/c1-3-5-7-9-11-13-15-17-26-29-33-37-41-45-49-53-59(64)58(57-63)62-60(65)54-50-46-42-38-34-30-27-24-22-20-19-21-23-25-28-32-36-40-44-48-52-56-67-61(66)55-51-47-43-39-35-31-18-16-14-12-10-8-6-4-2/h58-59,63-64H,3-57H2,1-2H3,(H,62,65). The molecule has 0 aliphatic rings. The van der Waals surface area contributed by atoms with Gasteiger partial charge in [0.05, 0.1) is 25.4 Å². The number of esters is 1. The van der Waals surface area contributed by atoms with Crippen LogP contribution in [-0.4, -0.2) is 47.4 Å². The molecule has 0 aliphatic carbocycles. The number of amides is 1. The minimum Gasteiger partial charge on any atom is -0.466 e. The van der Waals surface area contributed by atoms with E-state index in [0.29, 0.717) is 25.9 Å². The molecule has 2 unspecified atom stereocenters. The summed E-state index contributed by atoms with van der Waals surface area (Å²) in [6.07, 6.45) is 66.8. The molecule has 0 heterocycles. The van der Waals surface area contributed by atoms with Gasteiger partial charge in [0.1, 0.15) is 0 Å². The summed E-state index contributed by atoms with van der Waals surface area (Å²) in [4.78, 5) is 24.5. The van der Waals surface area contributed by atoms with Crippen molar-refractivity contribution >= 4 is 11.9 Å². The number of aliphatic hydroxyl groups is 2. The van der Waals surface area contributed by atoms with E-state index in [2.05, 4.69) is 19.2 Å². The molecule has 0 rings (SSSR count). The van der Waals surface area contributed by atoms with Crippen molar-refractivity contribution in [1.29, 1.82) is 0 Å². The first kappa shape index (κ1) is 65.9. The van der Waals surface area contributed by atoms with Crippen LogP contribution < -0.4 is 5.32 Å². The van der Waals surface area contributed by atoms with Crippen molar-refractivity contribution in [2.24, 2.45) is 0 Å². The van der Waals surface area contributed by atoms with Crippen molar-refractivity contribution in [2.75, 3.05) is 13.2 Å². The normalized spacial score (nSPS) is 12.5. The predicted octanol–water partition coefficient (Wildman–Crippen LogP) is 19.1. The fraction of sp³-hybridized carbons (Fsp3) is 0.967. The number of hydrogen-bond acceptors (Lipinski definition) is 5. The Bertz CT molecular complexity index is 959. The molecule has 0 spiro atoms. The number of nitrogens with one attached hydrogen (secondary N) is 1. The Labute approximate surface area is 419 Å². The molecule has 0 aromatic carbocycles. The van der Waals surface area contributed by atoms with Gasteiger partial charge >= 0.3 is 5.97 Å². The van der Waals surface area contributed by atoms with E-state index >= 15 is 0 Å². The number of carbonyl (C=O) groups excluding carboxylic acids is 2. The molecule has 0 aromatic rings. The lowest BCUT2D eigenvalue weighted by Crippen LogP contribution is -2.45. The van der Waals surface area contributed by atoms with Crippen LogP contribution in [0, 0.1) is 0 Å². The van der Waals surface area contributed by atoms with Crippen LogP contribution in [0.2, 0.25) is 0 Å². The van der Waals surface area contributed by atoms with Crippen LogP contribution >= 0.6 is 0 Å². The zero-order chi connectivity index (χ0) is 48.6. The van der Waals surface area contributed by atoms with Crippen LogP contribution in [0.5, 0.6) is 0 Å². The first-order valence-electron chi connectivity index (χ1n) is 30.8. The predicted molar refractivity (Wildman–Crippen MR) is 292 cm³/mol. The molecule has 67 heavy (non-hydrogen) atoms. The average Bonchev–Trinajstić information content (AvgIpc) is 3.33. The second-order valence-electron chi connectivity index (χ2n) is 21.4. The van der Waals surface area contributed by atoms with E-state index in [0.717, 1.165) is 38.5 Å². The Hall–Kier alpha value is -1.14. The van der Waals surface area contributed by atoms with E-state index in [4.69, 9.17) is 4.74 Å². The van der Waals surface area contributed by atoms with Gasteiger partial charge in [0.15, 0.2) is 0 Å². The molecule has 400 valence electrons. The summed E-state index contributed by atoms with van der Waals surface area (Å²) in [5.41, 5.74) is 0. The molecule has 0 aliphatic heterocycles. The third kappa shape index (κ3) is 54.0. The van der Waals surface area contributed by atoms with Crippen LogP contribution in [0.3, 0.4) is 0 Å². The van der Waals surface area contributed by atoms with Crippen molar-refractivity contribution in [3.05, 3.63) is 0 Å². The first-order chi connectivity index (χ1) is 33.0. The van der Waals surface area contributed by atoms with Crippen molar-refractivity contribution in [3.63, 3.8) is 0 Å². The Morgan fingerprint density at radius 1 is 0.358 bits per heavy atom. The molecule has 2 atom stereocenters. The number of ether oxygens (including phenoxy) is 1. The van der Waals surface area contributed by atoms with Crippen molar-refractivity contribution in [2.45, 2.75) is 366 Å².